The van der Waals surface area contributed by atoms with Gasteiger partial charge < -0.3 is 24.8 Å². The van der Waals surface area contributed by atoms with Gasteiger partial charge in [0.2, 0.25) is 0 Å². The van der Waals surface area contributed by atoms with Gasteiger partial charge in [0, 0.05) is 18.3 Å². The monoisotopic (exact) mass is 573 g/mol. The van der Waals surface area contributed by atoms with Crippen LogP contribution in [0, 0.1) is 17.8 Å². The van der Waals surface area contributed by atoms with Gasteiger partial charge in [0.05, 0.1) is 0 Å². The van der Waals surface area contributed by atoms with Crippen molar-refractivity contribution in [2.45, 2.75) is 51.4 Å². The minimum atomic E-state index is -0.00778. The van der Waals surface area contributed by atoms with Crippen LogP contribution in [0.2, 0.25) is 0 Å². The smallest absolute Gasteiger partial charge is 1.00 e. The number of halogens is 2. The Morgan fingerprint density at radius 3 is 1.68 bits per heavy atom. The predicted molar refractivity (Wildman–Crippen MR) is 148 cm³/mol. The molecule has 0 aromatic heterocycles. The van der Waals surface area contributed by atoms with Crippen LogP contribution < -0.4 is 24.8 Å². The van der Waals surface area contributed by atoms with Gasteiger partial charge in [-0.25, -0.2) is 0 Å². The van der Waals surface area contributed by atoms with Gasteiger partial charge in [0.25, 0.3) is 0 Å². The van der Waals surface area contributed by atoms with E-state index in [4.69, 9.17) is 6.42 Å². The Morgan fingerprint density at radius 2 is 1.11 bits per heavy atom. The molecule has 4 aromatic carbocycles. The van der Waals surface area contributed by atoms with E-state index < -0.39 is 0 Å². The molecule has 191 valence electrons. The number of fused-ring (bicyclic) bond motifs is 6. The first-order valence-electron chi connectivity index (χ1n) is 13.0. The van der Waals surface area contributed by atoms with E-state index in [0.29, 0.717) is 11.8 Å². The summed E-state index contributed by atoms with van der Waals surface area (Å²) in [6, 6.07) is 34.2. The van der Waals surface area contributed by atoms with Crippen molar-refractivity contribution in [1.29, 1.82) is 0 Å². The quantitative estimate of drug-likeness (QED) is 0.246. The Bertz CT molecular complexity index is 1420. The summed E-state index contributed by atoms with van der Waals surface area (Å²) in [5.74, 6) is 3.48. The number of hydrogen-bond donors (Lipinski definition) is 0. The second-order valence-electron chi connectivity index (χ2n) is 10.7. The summed E-state index contributed by atoms with van der Waals surface area (Å²) in [6.07, 6.45) is 9.68. The van der Waals surface area contributed by atoms with Crippen LogP contribution >= 0.6 is 0 Å². The first-order valence-corrected chi connectivity index (χ1v) is 13.0. The second-order valence-corrected chi connectivity index (χ2v) is 10.7. The van der Waals surface area contributed by atoms with Crippen molar-refractivity contribution in [3.05, 3.63) is 119 Å². The SMILES string of the molecule is C#CCCCCc1cccc2c1-c1ccccc1C2C(C)(C)C1c2ccccc2-c2ccccc21.[Cl-].[Cl-].[V+2]. The number of rotatable bonds is 6. The van der Waals surface area contributed by atoms with E-state index in [0.717, 1.165) is 25.7 Å². The molecular weight excluding hydrogens is 542 g/mol. The molecule has 38 heavy (non-hydrogen) atoms. The Kier molecular flexibility index (Phi) is 9.68. The average Bonchev–Trinajstić information content (AvgIpc) is 3.41. The third-order valence-electron chi connectivity index (χ3n) is 8.37. The summed E-state index contributed by atoms with van der Waals surface area (Å²) in [4.78, 5) is 0. The van der Waals surface area contributed by atoms with Crippen molar-refractivity contribution in [1.82, 2.24) is 0 Å². The molecule has 1 radical (unpaired) electrons. The van der Waals surface area contributed by atoms with Gasteiger partial charge in [-0.3, -0.25) is 0 Å². The van der Waals surface area contributed by atoms with Gasteiger partial charge >= 0.3 is 18.6 Å². The maximum absolute atomic E-state index is 5.51. The normalized spacial score (nSPS) is 14.5. The van der Waals surface area contributed by atoms with E-state index in [2.05, 4.69) is 111 Å². The van der Waals surface area contributed by atoms with Crippen LogP contribution in [0.4, 0.5) is 0 Å². The second kappa shape index (κ2) is 12.2. The molecule has 0 nitrogen and oxygen atoms in total. The maximum Gasteiger partial charge on any atom is 2.00 e. The maximum atomic E-state index is 5.51. The molecule has 0 amide bonds. The molecule has 0 N–H and O–H groups in total. The topological polar surface area (TPSA) is 0 Å². The van der Waals surface area contributed by atoms with Crippen LogP contribution in [0.3, 0.4) is 0 Å². The third kappa shape index (κ3) is 4.76. The van der Waals surface area contributed by atoms with E-state index in [1.165, 1.54) is 50.1 Å². The number of unbranched alkanes of at least 4 members (excludes halogenated alkanes) is 2. The zero-order chi connectivity index (χ0) is 24.0. The van der Waals surface area contributed by atoms with Crippen molar-refractivity contribution < 1.29 is 43.4 Å². The fourth-order valence-corrected chi connectivity index (χ4v) is 7.01. The summed E-state index contributed by atoms with van der Waals surface area (Å²) in [5, 5.41) is 0. The Labute approximate surface area is 252 Å². The summed E-state index contributed by atoms with van der Waals surface area (Å²) in [5.41, 5.74) is 13.1. The molecule has 0 aliphatic heterocycles. The van der Waals surface area contributed by atoms with Gasteiger partial charge in [0.15, 0.2) is 0 Å². The van der Waals surface area contributed by atoms with Crippen molar-refractivity contribution in [2.75, 3.05) is 0 Å². The van der Waals surface area contributed by atoms with Crippen molar-refractivity contribution in [3.8, 4) is 34.6 Å². The van der Waals surface area contributed by atoms with E-state index >= 15 is 0 Å². The van der Waals surface area contributed by atoms with Crippen molar-refractivity contribution in [3.63, 3.8) is 0 Å². The third-order valence-corrected chi connectivity index (χ3v) is 8.37. The van der Waals surface area contributed by atoms with Gasteiger partial charge in [-0.1, -0.05) is 105 Å². The molecule has 0 saturated carbocycles. The average molecular weight is 574 g/mol. The zero-order valence-electron chi connectivity index (χ0n) is 21.9. The van der Waals surface area contributed by atoms with Crippen LogP contribution in [-0.4, -0.2) is 0 Å². The summed E-state index contributed by atoms with van der Waals surface area (Å²) in [6.45, 7) is 4.99. The molecule has 0 fully saturated rings. The number of terminal acetylenes is 1. The molecule has 0 heterocycles. The minimum Gasteiger partial charge on any atom is -1.00 e. The van der Waals surface area contributed by atoms with E-state index in [9.17, 15) is 0 Å². The van der Waals surface area contributed by atoms with Gasteiger partial charge in [0.1, 0.15) is 0 Å². The van der Waals surface area contributed by atoms with Crippen LogP contribution in [0.25, 0.3) is 22.3 Å². The van der Waals surface area contributed by atoms with Crippen molar-refractivity contribution >= 4 is 0 Å². The van der Waals surface area contributed by atoms with Crippen LogP contribution in [0.1, 0.15) is 72.8 Å². The molecule has 6 rings (SSSR count). The van der Waals surface area contributed by atoms with Gasteiger partial charge in [-0.2, -0.15) is 0 Å². The standard InChI is InChI=1S/C35H32.2ClH.V/c1-4-5-6-7-15-24-16-14-23-31-32(24)27-19-10-13-22-30(27)34(31)35(2,3)33-28-20-11-8-17-25(28)26-18-9-12-21-29(26)33;;;/h1,8-14,16-23,33-34H,5-7,15H2,2-3H3;2*1H;/q;;;+2/p-2. The zero-order valence-corrected chi connectivity index (χ0v) is 24.8. The molecule has 2 aliphatic rings. The summed E-state index contributed by atoms with van der Waals surface area (Å²) >= 11 is 0. The van der Waals surface area contributed by atoms with E-state index in [1.54, 1.807) is 0 Å². The van der Waals surface area contributed by atoms with E-state index in [-0.39, 0.29) is 48.8 Å². The van der Waals surface area contributed by atoms with Crippen LogP contribution in [0.15, 0.2) is 91.0 Å². The van der Waals surface area contributed by atoms with Crippen molar-refractivity contribution in [2.24, 2.45) is 5.41 Å². The molecule has 4 aromatic rings. The van der Waals surface area contributed by atoms with Gasteiger partial charge in [-0.15, -0.1) is 12.3 Å². The summed E-state index contributed by atoms with van der Waals surface area (Å²) < 4.78 is 0. The Balaban J connectivity index is 0.00000133. The first kappa shape index (κ1) is 30.2. The fraction of sp³-hybridized carbons (Fsp3) is 0.257. The molecule has 0 spiro atoms. The van der Waals surface area contributed by atoms with Crippen LogP contribution in [0.5, 0.6) is 0 Å². The largest absolute Gasteiger partial charge is 2.00 e. The Hall–Kier alpha value is -2.40. The molecule has 1 unspecified atom stereocenters. The van der Waals surface area contributed by atoms with Crippen LogP contribution in [-0.2, 0) is 25.0 Å². The summed E-state index contributed by atoms with van der Waals surface area (Å²) in [7, 11) is 0. The molecular formula is C35H32Cl2V. The minimum absolute atomic E-state index is 0. The molecule has 1 atom stereocenters. The molecule has 0 saturated heterocycles. The number of hydrogen-bond acceptors (Lipinski definition) is 0. The van der Waals surface area contributed by atoms with E-state index in [1.807, 2.05) is 0 Å². The molecule has 0 bridgehead atoms. The predicted octanol–water partition coefficient (Wildman–Crippen LogP) is 2.99. The first-order chi connectivity index (χ1) is 17.1. The molecule has 3 heteroatoms. The van der Waals surface area contributed by atoms with Gasteiger partial charge in [-0.05, 0) is 74.7 Å². The Morgan fingerprint density at radius 1 is 0.632 bits per heavy atom. The molecule has 2 aliphatic carbocycles. The fourth-order valence-electron chi connectivity index (χ4n) is 7.01. The number of aryl methyl sites for hydroxylation is 1. The number of benzene rings is 4.